The second kappa shape index (κ2) is 14.7. The van der Waals surface area contributed by atoms with Crippen molar-refractivity contribution in [3.05, 3.63) is 131 Å². The maximum Gasteiger partial charge on any atom is 0.210 e. The van der Waals surface area contributed by atoms with Gasteiger partial charge in [-0.15, -0.1) is 17.5 Å². The van der Waals surface area contributed by atoms with Gasteiger partial charge in [0.05, 0.1) is 6.61 Å². The normalized spacial score (nSPS) is 15.5. The van der Waals surface area contributed by atoms with Crippen molar-refractivity contribution in [1.29, 1.82) is 0 Å². The van der Waals surface area contributed by atoms with E-state index < -0.39 is 0 Å². The molecule has 0 amide bonds. The number of ether oxygens (including phenoxy) is 1. The molecule has 60 heavy (non-hydrogen) atoms. The molecule has 0 bridgehead atoms. The molecule has 1 radical (unpaired) electrons. The van der Waals surface area contributed by atoms with E-state index in [2.05, 4.69) is 186 Å². The largest absolute Gasteiger partial charge is 0.477 e. The molecule has 1 aliphatic heterocycles. The van der Waals surface area contributed by atoms with Crippen LogP contribution in [0.5, 0.6) is 5.88 Å². The second-order valence-electron chi connectivity index (χ2n) is 22.1. The Kier molecular flexibility index (Phi) is 10.4. The van der Waals surface area contributed by atoms with E-state index in [0.29, 0.717) is 0 Å². The van der Waals surface area contributed by atoms with Crippen molar-refractivity contribution >= 4 is 32.4 Å². The van der Waals surface area contributed by atoms with Crippen LogP contribution in [0.3, 0.4) is 0 Å². The first kappa shape index (κ1) is 42.4. The quantitative estimate of drug-likeness (QED) is 0.100. The van der Waals surface area contributed by atoms with Crippen molar-refractivity contribution in [2.24, 2.45) is 0 Å². The Labute approximate surface area is 372 Å². The fourth-order valence-electron chi connectivity index (χ4n) is 9.62. The van der Waals surface area contributed by atoms with Crippen molar-refractivity contribution in [3.8, 4) is 39.3 Å². The van der Waals surface area contributed by atoms with E-state index in [4.69, 9.17) is 9.72 Å². The SMILES string of the molecule is CC(C)(C)c1cc(-c2cc(-c3cc(C(C)(C)C)cc(C(C)(C)C)c3)cc(-c3c4ccccc4[c-]c4c3ccc3cc5c(nc34)OCC53CCCC3)c2)cc(C(C)(C)C)c1.[Ir]. The molecule has 1 spiro atoms. The van der Waals surface area contributed by atoms with Gasteiger partial charge in [0, 0.05) is 36.6 Å². The number of hydrogen-bond donors (Lipinski definition) is 0. The number of pyridine rings is 1. The zero-order valence-corrected chi connectivity index (χ0v) is 40.4. The molecule has 2 nitrogen and oxygen atoms in total. The number of rotatable bonds is 3. The molecule has 1 aliphatic carbocycles. The molecular formula is C57H62IrNO-. The summed E-state index contributed by atoms with van der Waals surface area (Å²) in [4.78, 5) is 5.35. The molecule has 1 aromatic heterocycles. The Bertz CT molecular complexity index is 2650. The van der Waals surface area contributed by atoms with Crippen LogP contribution in [0.15, 0.2) is 97.1 Å². The summed E-state index contributed by atoms with van der Waals surface area (Å²) in [5.74, 6) is 0.820. The Balaban J connectivity index is 0.00000499. The van der Waals surface area contributed by atoms with Gasteiger partial charge in [0.25, 0.3) is 0 Å². The van der Waals surface area contributed by atoms with E-state index in [0.717, 1.165) is 34.2 Å². The summed E-state index contributed by atoms with van der Waals surface area (Å²) < 4.78 is 6.43. The molecule has 0 saturated heterocycles. The average molecular weight is 969 g/mol. The summed E-state index contributed by atoms with van der Waals surface area (Å²) in [5, 5.41) is 5.68. The zero-order valence-electron chi connectivity index (χ0n) is 38.0. The Morgan fingerprint density at radius 1 is 0.533 bits per heavy atom. The fourth-order valence-corrected chi connectivity index (χ4v) is 9.62. The molecular weight excluding hydrogens is 907 g/mol. The minimum atomic E-state index is -0.00384. The molecule has 6 aromatic carbocycles. The number of benzene rings is 6. The van der Waals surface area contributed by atoms with Gasteiger partial charge < -0.3 is 4.74 Å². The summed E-state index contributed by atoms with van der Waals surface area (Å²) in [6, 6.07) is 41.7. The van der Waals surface area contributed by atoms with Crippen LogP contribution < -0.4 is 4.74 Å². The van der Waals surface area contributed by atoms with E-state index in [9.17, 15) is 0 Å². The van der Waals surface area contributed by atoms with Gasteiger partial charge in [0.15, 0.2) is 0 Å². The number of fused-ring (bicyclic) bond motifs is 6. The van der Waals surface area contributed by atoms with Crippen LogP contribution >= 0.6 is 0 Å². The summed E-state index contributed by atoms with van der Waals surface area (Å²) >= 11 is 0. The minimum absolute atomic E-state index is 0. The van der Waals surface area contributed by atoms with Gasteiger partial charge in [-0.25, -0.2) is 0 Å². The van der Waals surface area contributed by atoms with Crippen LogP contribution in [-0.2, 0) is 47.2 Å². The average Bonchev–Trinajstić information content (AvgIpc) is 3.80. The van der Waals surface area contributed by atoms with Gasteiger partial charge in [-0.2, -0.15) is 0 Å². The van der Waals surface area contributed by atoms with Crippen LogP contribution in [0.1, 0.15) is 137 Å². The summed E-state index contributed by atoms with van der Waals surface area (Å²) in [7, 11) is 0. The Morgan fingerprint density at radius 2 is 1.02 bits per heavy atom. The van der Waals surface area contributed by atoms with E-state index in [1.165, 1.54) is 97.7 Å². The second-order valence-corrected chi connectivity index (χ2v) is 22.1. The summed E-state index contributed by atoms with van der Waals surface area (Å²) in [6.07, 6.45) is 4.90. The van der Waals surface area contributed by atoms with Crippen molar-refractivity contribution < 1.29 is 24.8 Å². The monoisotopic (exact) mass is 969 g/mol. The maximum absolute atomic E-state index is 6.43. The van der Waals surface area contributed by atoms with Crippen molar-refractivity contribution in [2.75, 3.05) is 6.61 Å². The predicted octanol–water partition coefficient (Wildman–Crippen LogP) is 15.7. The van der Waals surface area contributed by atoms with Crippen LogP contribution in [0.4, 0.5) is 0 Å². The number of hydrogen-bond acceptors (Lipinski definition) is 2. The molecule has 0 atom stereocenters. The van der Waals surface area contributed by atoms with Gasteiger partial charge in [-0.05, 0) is 108 Å². The van der Waals surface area contributed by atoms with Gasteiger partial charge in [0.1, 0.15) is 0 Å². The third-order valence-electron chi connectivity index (χ3n) is 13.5. The van der Waals surface area contributed by atoms with Gasteiger partial charge in [0.2, 0.25) is 5.88 Å². The van der Waals surface area contributed by atoms with Crippen molar-refractivity contribution in [1.82, 2.24) is 4.98 Å². The van der Waals surface area contributed by atoms with E-state index >= 15 is 0 Å². The van der Waals surface area contributed by atoms with Crippen LogP contribution in [0, 0.1) is 6.07 Å². The number of aromatic nitrogens is 1. The fraction of sp³-hybridized carbons (Fsp3) is 0.386. The summed E-state index contributed by atoms with van der Waals surface area (Å²) in [5.41, 5.74) is 15.2. The molecule has 2 heterocycles. The Hall–Kier alpha value is -4.30. The zero-order chi connectivity index (χ0) is 41.9. The first-order chi connectivity index (χ1) is 27.7. The molecule has 0 N–H and O–H groups in total. The topological polar surface area (TPSA) is 22.1 Å². The van der Waals surface area contributed by atoms with Gasteiger partial charge >= 0.3 is 0 Å². The third kappa shape index (κ3) is 7.53. The molecule has 311 valence electrons. The van der Waals surface area contributed by atoms with E-state index in [1.807, 2.05) is 0 Å². The number of nitrogens with zero attached hydrogens (tertiary/aromatic N) is 1. The van der Waals surface area contributed by atoms with Gasteiger partial charge in [-0.1, -0.05) is 190 Å². The smallest absolute Gasteiger partial charge is 0.210 e. The molecule has 1 saturated carbocycles. The van der Waals surface area contributed by atoms with Crippen molar-refractivity contribution in [2.45, 2.75) is 136 Å². The van der Waals surface area contributed by atoms with E-state index in [-0.39, 0.29) is 47.2 Å². The van der Waals surface area contributed by atoms with E-state index in [1.54, 1.807) is 0 Å². The molecule has 7 aromatic rings. The molecule has 2 aliphatic rings. The third-order valence-corrected chi connectivity index (χ3v) is 13.5. The van der Waals surface area contributed by atoms with Crippen LogP contribution in [0.25, 0.3) is 65.8 Å². The van der Waals surface area contributed by atoms with Gasteiger partial charge in [-0.3, -0.25) is 4.98 Å². The van der Waals surface area contributed by atoms with Crippen LogP contribution in [0.2, 0.25) is 0 Å². The summed E-state index contributed by atoms with van der Waals surface area (Å²) in [6.45, 7) is 28.7. The maximum atomic E-state index is 6.43. The first-order valence-corrected chi connectivity index (χ1v) is 22.0. The molecule has 3 heteroatoms. The molecule has 9 rings (SSSR count). The first-order valence-electron chi connectivity index (χ1n) is 22.0. The minimum Gasteiger partial charge on any atom is -0.477 e. The van der Waals surface area contributed by atoms with Crippen molar-refractivity contribution in [3.63, 3.8) is 0 Å². The molecule has 0 unspecified atom stereocenters. The standard InChI is InChI=1S/C57H62NO.Ir/c1-53(2,3)42-26-39(27-43(32-42)54(4,5)6)37-23-38(40-28-44(55(7,8)9)33-45(29-40)56(10,11)12)25-41(24-37)50-46-18-14-13-17-35(46)30-48-47(50)20-19-36-31-49-52(58-51(36)48)59-34-57(49)21-15-16-22-57;/h13-14,17-20,23-29,31-33H,15-16,21-22,34H2,1-12H3;/q-1;. The molecule has 1 fully saturated rings. The Morgan fingerprint density at radius 3 is 1.53 bits per heavy atom. The predicted molar refractivity (Wildman–Crippen MR) is 252 cm³/mol. The van der Waals surface area contributed by atoms with Crippen LogP contribution in [-0.4, -0.2) is 11.6 Å².